The molecule has 0 saturated heterocycles. The van der Waals surface area contributed by atoms with Crippen molar-refractivity contribution in [3.8, 4) is 5.75 Å². The van der Waals surface area contributed by atoms with Crippen LogP contribution in [0.5, 0.6) is 5.75 Å². The lowest BCUT2D eigenvalue weighted by molar-refractivity contribution is -0.0486. The third-order valence-corrected chi connectivity index (χ3v) is 4.30. The lowest BCUT2D eigenvalue weighted by Crippen LogP contribution is -2.04. The fourth-order valence-electron chi connectivity index (χ4n) is 2.27. The fraction of sp³-hybridized carbons (Fsp3) is 0.133. The summed E-state index contributed by atoms with van der Waals surface area (Å²) in [7, 11) is 1.28. The van der Waals surface area contributed by atoms with Crippen LogP contribution in [0.25, 0.3) is 20.2 Å². The van der Waals surface area contributed by atoms with Crippen molar-refractivity contribution < 1.29 is 23.0 Å². The van der Waals surface area contributed by atoms with Crippen LogP contribution in [0.15, 0.2) is 36.4 Å². The van der Waals surface area contributed by atoms with E-state index in [4.69, 9.17) is 4.74 Å². The SMILES string of the molecule is COC(=O)c1ccc(OC(F)F)c2sc3ccccc3c12. The molecule has 0 radical (unpaired) electrons. The van der Waals surface area contributed by atoms with E-state index in [-0.39, 0.29) is 5.75 Å². The average Bonchev–Trinajstić information content (AvgIpc) is 2.86. The van der Waals surface area contributed by atoms with Crippen LogP contribution in [0.3, 0.4) is 0 Å². The molecule has 21 heavy (non-hydrogen) atoms. The second-order valence-corrected chi connectivity index (χ2v) is 5.34. The van der Waals surface area contributed by atoms with Crippen molar-refractivity contribution in [2.45, 2.75) is 6.61 Å². The summed E-state index contributed by atoms with van der Waals surface area (Å²) in [6.45, 7) is -2.91. The Kier molecular flexibility index (Phi) is 3.47. The molecule has 0 atom stereocenters. The Morgan fingerprint density at radius 2 is 1.95 bits per heavy atom. The molecule has 0 aliphatic carbocycles. The van der Waals surface area contributed by atoms with Crippen molar-refractivity contribution >= 4 is 37.5 Å². The zero-order valence-corrected chi connectivity index (χ0v) is 11.7. The summed E-state index contributed by atoms with van der Waals surface area (Å²) in [5, 5.41) is 1.40. The molecular formula is C15H10F2O3S. The van der Waals surface area contributed by atoms with Gasteiger partial charge in [-0.1, -0.05) is 18.2 Å². The van der Waals surface area contributed by atoms with Crippen LogP contribution in [0, 0.1) is 0 Å². The molecule has 108 valence electrons. The van der Waals surface area contributed by atoms with E-state index in [0.29, 0.717) is 15.6 Å². The van der Waals surface area contributed by atoms with Crippen LogP contribution in [-0.2, 0) is 4.74 Å². The number of alkyl halides is 2. The third kappa shape index (κ3) is 2.31. The minimum atomic E-state index is -2.91. The highest BCUT2D eigenvalue weighted by Crippen LogP contribution is 2.41. The zero-order chi connectivity index (χ0) is 15.0. The molecule has 3 rings (SSSR count). The smallest absolute Gasteiger partial charge is 0.387 e. The number of benzene rings is 2. The van der Waals surface area contributed by atoms with Gasteiger partial charge < -0.3 is 9.47 Å². The maximum atomic E-state index is 12.5. The predicted molar refractivity (Wildman–Crippen MR) is 77.3 cm³/mol. The van der Waals surface area contributed by atoms with Crippen LogP contribution in [0.2, 0.25) is 0 Å². The van der Waals surface area contributed by atoms with Gasteiger partial charge in [0.25, 0.3) is 0 Å². The van der Waals surface area contributed by atoms with Crippen molar-refractivity contribution in [3.05, 3.63) is 42.0 Å². The number of halogens is 2. The molecule has 1 heterocycles. The summed E-state index contributed by atoms with van der Waals surface area (Å²) in [5.74, 6) is -0.444. The molecular weight excluding hydrogens is 298 g/mol. The van der Waals surface area contributed by atoms with E-state index in [1.54, 1.807) is 0 Å². The summed E-state index contributed by atoms with van der Waals surface area (Å²) in [6, 6.07) is 10.2. The largest absolute Gasteiger partial charge is 0.465 e. The van der Waals surface area contributed by atoms with E-state index in [9.17, 15) is 13.6 Å². The standard InChI is InChI=1S/C15H10F2O3S/c1-19-14(18)9-6-7-10(20-15(16)17)13-12(9)8-4-2-3-5-11(8)21-13/h2-7,15H,1H3. The van der Waals surface area contributed by atoms with Gasteiger partial charge >= 0.3 is 12.6 Å². The normalized spacial score (nSPS) is 11.2. The van der Waals surface area contributed by atoms with Gasteiger partial charge in [-0.05, 0) is 18.2 Å². The highest BCUT2D eigenvalue weighted by molar-refractivity contribution is 7.26. The molecule has 0 amide bonds. The Labute approximate surface area is 122 Å². The van der Waals surface area contributed by atoms with E-state index in [2.05, 4.69) is 4.74 Å². The Morgan fingerprint density at radius 1 is 1.19 bits per heavy atom. The second-order valence-electron chi connectivity index (χ2n) is 4.28. The topological polar surface area (TPSA) is 35.5 Å². The maximum absolute atomic E-state index is 12.5. The Hall–Kier alpha value is -2.21. The monoisotopic (exact) mass is 308 g/mol. The molecule has 0 unspecified atom stereocenters. The average molecular weight is 308 g/mol. The van der Waals surface area contributed by atoms with Crippen LogP contribution in [-0.4, -0.2) is 19.7 Å². The molecule has 0 fully saturated rings. The Morgan fingerprint density at radius 3 is 2.67 bits per heavy atom. The molecule has 0 spiro atoms. The Balaban J connectivity index is 2.38. The maximum Gasteiger partial charge on any atom is 0.387 e. The van der Waals surface area contributed by atoms with E-state index < -0.39 is 12.6 Å². The van der Waals surface area contributed by atoms with E-state index in [0.717, 1.165) is 10.1 Å². The number of methoxy groups -OCH3 is 1. The lowest BCUT2D eigenvalue weighted by Gasteiger charge is -2.08. The minimum absolute atomic E-state index is 0.0638. The quantitative estimate of drug-likeness (QED) is 0.671. The first-order valence-corrected chi connectivity index (χ1v) is 6.91. The van der Waals surface area contributed by atoms with E-state index >= 15 is 0 Å². The van der Waals surface area contributed by atoms with Gasteiger partial charge in [0, 0.05) is 15.5 Å². The Bertz CT molecular complexity index is 826. The van der Waals surface area contributed by atoms with Gasteiger partial charge in [-0.2, -0.15) is 8.78 Å². The molecule has 3 nitrogen and oxygen atoms in total. The van der Waals surface area contributed by atoms with Gasteiger partial charge in [0.15, 0.2) is 0 Å². The number of esters is 1. The number of carbonyl (C=O) groups is 1. The van der Waals surface area contributed by atoms with Crippen LogP contribution >= 0.6 is 11.3 Å². The third-order valence-electron chi connectivity index (χ3n) is 3.11. The molecule has 2 aromatic carbocycles. The van der Waals surface area contributed by atoms with Crippen molar-refractivity contribution in [1.82, 2.24) is 0 Å². The molecule has 0 bridgehead atoms. The summed E-state index contributed by atoms with van der Waals surface area (Å²) in [6.07, 6.45) is 0. The van der Waals surface area contributed by atoms with Gasteiger partial charge in [0.1, 0.15) is 5.75 Å². The lowest BCUT2D eigenvalue weighted by atomic mass is 10.1. The summed E-state index contributed by atoms with van der Waals surface area (Å²) in [5.41, 5.74) is 0.339. The molecule has 0 saturated carbocycles. The number of rotatable bonds is 3. The number of carbonyl (C=O) groups excluding carboxylic acids is 1. The fourth-order valence-corrected chi connectivity index (χ4v) is 3.46. The summed E-state index contributed by atoms with van der Waals surface area (Å²) < 4.78 is 35.8. The molecule has 0 aliphatic heterocycles. The number of fused-ring (bicyclic) bond motifs is 3. The second kappa shape index (κ2) is 5.29. The molecule has 0 aliphatic rings. The summed E-state index contributed by atoms with van der Waals surface area (Å²) >= 11 is 1.31. The zero-order valence-electron chi connectivity index (χ0n) is 10.9. The molecule has 0 N–H and O–H groups in total. The first-order chi connectivity index (χ1) is 10.1. The van der Waals surface area contributed by atoms with Gasteiger partial charge in [-0.25, -0.2) is 4.79 Å². The van der Waals surface area contributed by atoms with Crippen molar-refractivity contribution in [2.24, 2.45) is 0 Å². The van der Waals surface area contributed by atoms with Crippen LogP contribution in [0.4, 0.5) is 8.78 Å². The number of thiophene rings is 1. The molecule has 6 heteroatoms. The number of ether oxygens (including phenoxy) is 2. The van der Waals surface area contributed by atoms with Crippen molar-refractivity contribution in [3.63, 3.8) is 0 Å². The van der Waals surface area contributed by atoms with Crippen LogP contribution < -0.4 is 4.74 Å². The summed E-state index contributed by atoms with van der Waals surface area (Å²) in [4.78, 5) is 11.9. The van der Waals surface area contributed by atoms with Gasteiger partial charge in [0.05, 0.1) is 17.4 Å². The molecule has 1 aromatic heterocycles. The number of hydrogen-bond donors (Lipinski definition) is 0. The van der Waals surface area contributed by atoms with Gasteiger partial charge in [-0.15, -0.1) is 11.3 Å². The van der Waals surface area contributed by atoms with E-state index in [1.807, 2.05) is 24.3 Å². The first-order valence-electron chi connectivity index (χ1n) is 6.09. The minimum Gasteiger partial charge on any atom is -0.465 e. The highest BCUT2D eigenvalue weighted by Gasteiger charge is 2.19. The first kappa shape index (κ1) is 13.8. The van der Waals surface area contributed by atoms with Crippen molar-refractivity contribution in [1.29, 1.82) is 0 Å². The molecule has 3 aromatic rings. The predicted octanol–water partition coefficient (Wildman–Crippen LogP) is 4.44. The van der Waals surface area contributed by atoms with Crippen molar-refractivity contribution in [2.75, 3.05) is 7.11 Å². The van der Waals surface area contributed by atoms with Gasteiger partial charge in [-0.3, -0.25) is 0 Å². The van der Waals surface area contributed by atoms with Gasteiger partial charge in [0.2, 0.25) is 0 Å². The highest BCUT2D eigenvalue weighted by atomic mass is 32.1. The van der Waals surface area contributed by atoms with E-state index in [1.165, 1.54) is 30.6 Å². The van der Waals surface area contributed by atoms with Crippen LogP contribution in [0.1, 0.15) is 10.4 Å². The number of hydrogen-bond acceptors (Lipinski definition) is 4.